The third kappa shape index (κ3) is 8.28. The zero-order valence-corrected chi connectivity index (χ0v) is 33.8. The van der Waals surface area contributed by atoms with Crippen LogP contribution in [0, 0.1) is 0 Å². The molecule has 274 valence electrons. The van der Waals surface area contributed by atoms with Crippen molar-refractivity contribution in [3.8, 4) is 11.1 Å². The first kappa shape index (κ1) is 36.5. The third-order valence-corrected chi connectivity index (χ3v) is 13.1. The minimum Gasteiger partial charge on any atom is -0.339 e. The zero-order valence-electron chi connectivity index (χ0n) is 32.1. The van der Waals surface area contributed by atoms with Crippen LogP contribution in [0.25, 0.3) is 11.1 Å². The van der Waals surface area contributed by atoms with Crippen molar-refractivity contribution in [1.82, 2.24) is 0 Å². The quantitative estimate of drug-likeness (QED) is 0.108. The molecular formula is C48H52N4S2+2. The summed E-state index contributed by atoms with van der Waals surface area (Å²) in [6, 6.07) is 53.8. The van der Waals surface area contributed by atoms with E-state index in [1.807, 2.05) is 23.5 Å². The molecule has 0 aliphatic carbocycles. The molecule has 0 radical (unpaired) electrons. The van der Waals surface area contributed by atoms with Crippen LogP contribution in [0.4, 0.5) is 22.7 Å². The third-order valence-electron chi connectivity index (χ3n) is 10.8. The van der Waals surface area contributed by atoms with E-state index in [1.54, 1.807) is 0 Å². The summed E-state index contributed by atoms with van der Waals surface area (Å²) in [5.74, 6) is 0. The van der Waals surface area contributed by atoms with Gasteiger partial charge in [-0.1, -0.05) is 121 Å². The Morgan fingerprint density at radius 2 is 0.685 bits per heavy atom. The average Bonchev–Trinajstić information content (AvgIpc) is 3.17. The normalized spacial score (nSPS) is 13.6. The lowest BCUT2D eigenvalue weighted by Gasteiger charge is -2.35. The monoisotopic (exact) mass is 748 g/mol. The summed E-state index contributed by atoms with van der Waals surface area (Å²) in [6.07, 6.45) is 2.25. The summed E-state index contributed by atoms with van der Waals surface area (Å²) >= 11 is 3.77. The molecule has 0 saturated heterocycles. The number of anilines is 4. The highest BCUT2D eigenvalue weighted by Gasteiger charge is 2.26. The van der Waals surface area contributed by atoms with Crippen molar-refractivity contribution in [2.24, 2.45) is 0 Å². The molecular weight excluding hydrogens is 697 g/mol. The molecule has 0 atom stereocenters. The lowest BCUT2D eigenvalue weighted by molar-refractivity contribution is -0.903. The maximum Gasteiger partial charge on any atom is 0.104 e. The molecule has 0 unspecified atom stereocenters. The standard InChI is InChI=1S/C48H52N4S2/c1-51(2,33-13-31-49-41-15-5-9-19-45(41)53-46-20-10-6-16-42(46)49)35-37-23-27-39(28-24-37)40-29-25-38(26-30-40)36-52(3,4)34-14-32-50-43-17-7-11-21-47(43)54-48-22-12-8-18-44(48)50/h5-12,15-30H,13-14,31-36H2,1-4H3/q+2. The second kappa shape index (κ2) is 15.7. The van der Waals surface area contributed by atoms with Crippen molar-refractivity contribution >= 4 is 46.3 Å². The second-order valence-corrected chi connectivity index (χ2v) is 18.3. The molecule has 2 aliphatic heterocycles. The highest BCUT2D eigenvalue weighted by molar-refractivity contribution is 8.00. The lowest BCUT2D eigenvalue weighted by atomic mass is 10.0. The van der Waals surface area contributed by atoms with E-state index < -0.39 is 0 Å². The van der Waals surface area contributed by atoms with Crippen LogP contribution in [-0.2, 0) is 13.1 Å². The van der Waals surface area contributed by atoms with Gasteiger partial charge in [-0.15, -0.1) is 0 Å². The number of para-hydroxylation sites is 4. The van der Waals surface area contributed by atoms with Gasteiger partial charge in [-0.05, 0) is 59.7 Å². The topological polar surface area (TPSA) is 6.48 Å². The van der Waals surface area contributed by atoms with Crippen LogP contribution in [0.2, 0.25) is 0 Å². The lowest BCUT2D eigenvalue weighted by Crippen LogP contribution is -2.40. The first-order chi connectivity index (χ1) is 26.2. The molecule has 0 saturated carbocycles. The van der Waals surface area contributed by atoms with E-state index in [1.165, 1.54) is 64.6 Å². The van der Waals surface area contributed by atoms with E-state index in [4.69, 9.17) is 0 Å². The van der Waals surface area contributed by atoms with Crippen molar-refractivity contribution in [3.63, 3.8) is 0 Å². The fourth-order valence-electron chi connectivity index (χ4n) is 8.11. The minimum absolute atomic E-state index is 0.964. The predicted molar refractivity (Wildman–Crippen MR) is 230 cm³/mol. The van der Waals surface area contributed by atoms with Gasteiger partial charge in [0.2, 0.25) is 0 Å². The van der Waals surface area contributed by atoms with Crippen LogP contribution in [-0.4, -0.2) is 63.3 Å². The largest absolute Gasteiger partial charge is 0.339 e. The number of hydrogen-bond acceptors (Lipinski definition) is 4. The Bertz CT molecular complexity index is 1960. The molecule has 6 aromatic carbocycles. The number of quaternary nitrogens is 2. The van der Waals surface area contributed by atoms with Crippen molar-refractivity contribution < 1.29 is 8.97 Å². The van der Waals surface area contributed by atoms with E-state index in [0.717, 1.165) is 61.1 Å². The van der Waals surface area contributed by atoms with Crippen molar-refractivity contribution in [2.75, 3.05) is 64.2 Å². The van der Waals surface area contributed by atoms with Gasteiger partial charge in [0.05, 0.1) is 64.0 Å². The average molecular weight is 749 g/mol. The maximum atomic E-state index is 2.52. The van der Waals surface area contributed by atoms with Gasteiger partial charge in [-0.2, -0.15) is 0 Å². The Hall–Kier alpha value is -4.46. The molecule has 0 amide bonds. The van der Waals surface area contributed by atoms with Crippen molar-refractivity contribution in [1.29, 1.82) is 0 Å². The summed E-state index contributed by atoms with van der Waals surface area (Å²) in [5, 5.41) is 0. The van der Waals surface area contributed by atoms with Gasteiger partial charge in [0.15, 0.2) is 0 Å². The van der Waals surface area contributed by atoms with E-state index in [0.29, 0.717) is 0 Å². The smallest absolute Gasteiger partial charge is 0.104 e. The molecule has 4 nitrogen and oxygen atoms in total. The minimum atomic E-state index is 0.964. The van der Waals surface area contributed by atoms with E-state index in [-0.39, 0.29) is 0 Å². The Morgan fingerprint density at radius 3 is 1.00 bits per heavy atom. The molecule has 8 rings (SSSR count). The van der Waals surface area contributed by atoms with Gasteiger partial charge in [-0.25, -0.2) is 0 Å². The predicted octanol–water partition coefficient (Wildman–Crippen LogP) is 11.9. The molecule has 0 spiro atoms. The van der Waals surface area contributed by atoms with E-state index >= 15 is 0 Å². The molecule has 2 heterocycles. The van der Waals surface area contributed by atoms with Crippen LogP contribution in [0.1, 0.15) is 24.0 Å². The Kier molecular flexibility index (Phi) is 10.6. The molecule has 6 heteroatoms. The fourth-order valence-corrected chi connectivity index (χ4v) is 10.3. The Morgan fingerprint density at radius 1 is 0.389 bits per heavy atom. The Balaban J connectivity index is 0.834. The molecule has 0 aromatic heterocycles. The summed E-state index contributed by atoms with van der Waals surface area (Å²) in [4.78, 5) is 10.4. The van der Waals surface area contributed by atoms with Gasteiger partial charge < -0.3 is 18.8 Å². The maximum absolute atomic E-state index is 2.52. The summed E-state index contributed by atoms with van der Waals surface area (Å²) in [6.45, 7) is 6.30. The van der Waals surface area contributed by atoms with Crippen LogP contribution in [0.3, 0.4) is 0 Å². The van der Waals surface area contributed by atoms with Gasteiger partial charge in [0.25, 0.3) is 0 Å². The molecule has 0 N–H and O–H groups in total. The molecule has 54 heavy (non-hydrogen) atoms. The molecule has 6 aromatic rings. The highest BCUT2D eigenvalue weighted by atomic mass is 32.2. The van der Waals surface area contributed by atoms with Gasteiger partial charge in [0, 0.05) is 56.6 Å². The zero-order chi connectivity index (χ0) is 37.1. The van der Waals surface area contributed by atoms with Crippen LogP contribution in [0.15, 0.2) is 165 Å². The van der Waals surface area contributed by atoms with E-state index in [2.05, 4.69) is 184 Å². The van der Waals surface area contributed by atoms with Crippen LogP contribution >= 0.6 is 23.5 Å². The summed E-state index contributed by atoms with van der Waals surface area (Å²) in [7, 11) is 9.47. The second-order valence-electron chi connectivity index (χ2n) is 16.1. The number of hydrogen-bond donors (Lipinski definition) is 0. The van der Waals surface area contributed by atoms with Crippen molar-refractivity contribution in [3.05, 3.63) is 157 Å². The molecule has 0 bridgehead atoms. The van der Waals surface area contributed by atoms with Crippen LogP contribution in [0.5, 0.6) is 0 Å². The number of fused-ring (bicyclic) bond motifs is 4. The summed E-state index contributed by atoms with van der Waals surface area (Å²) < 4.78 is 1.93. The van der Waals surface area contributed by atoms with E-state index in [9.17, 15) is 0 Å². The summed E-state index contributed by atoms with van der Waals surface area (Å²) in [5.41, 5.74) is 10.7. The fraction of sp³-hybridized carbons (Fsp3) is 0.250. The number of rotatable bonds is 13. The van der Waals surface area contributed by atoms with Gasteiger partial charge in [0.1, 0.15) is 13.1 Å². The van der Waals surface area contributed by atoms with Gasteiger partial charge >= 0.3 is 0 Å². The van der Waals surface area contributed by atoms with Crippen molar-refractivity contribution in [2.45, 2.75) is 45.5 Å². The SMILES string of the molecule is C[N+](C)(CCCN1c2ccccc2Sc2ccccc21)Cc1ccc(-c2ccc(C[N+](C)(C)CCCN3c4ccccc4Sc4ccccc43)cc2)cc1. The molecule has 2 aliphatic rings. The number of nitrogens with zero attached hydrogens (tertiary/aromatic N) is 4. The highest BCUT2D eigenvalue weighted by Crippen LogP contribution is 2.49. The Labute approximate surface area is 331 Å². The van der Waals surface area contributed by atoms with Crippen LogP contribution < -0.4 is 9.80 Å². The van der Waals surface area contributed by atoms with Gasteiger partial charge in [-0.3, -0.25) is 0 Å². The first-order valence-corrected chi connectivity index (χ1v) is 20.9. The first-order valence-electron chi connectivity index (χ1n) is 19.3. The molecule has 0 fully saturated rings. The number of benzene rings is 6.